The Labute approximate surface area is 117 Å². The molecule has 0 atom stereocenters. The molecule has 1 rings (SSSR count). The monoisotopic (exact) mass is 281 g/mol. The number of esters is 1. The number of nitrogens with one attached hydrogen (secondary N) is 1. The summed E-state index contributed by atoms with van der Waals surface area (Å²) in [5.41, 5.74) is 1.27. The van der Waals surface area contributed by atoms with E-state index in [2.05, 4.69) is 5.32 Å². The molecule has 0 spiro atoms. The summed E-state index contributed by atoms with van der Waals surface area (Å²) in [5.74, 6) is -0.911. The van der Waals surface area contributed by atoms with Crippen molar-refractivity contribution in [1.82, 2.24) is 5.32 Å². The zero-order valence-corrected chi connectivity index (χ0v) is 11.9. The van der Waals surface area contributed by atoms with Gasteiger partial charge in [-0.1, -0.05) is 11.6 Å². The van der Waals surface area contributed by atoms with Gasteiger partial charge in [0.15, 0.2) is 0 Å². The lowest BCUT2D eigenvalue weighted by Gasteiger charge is -2.11. The SMILES string of the molecule is CCOC(=O)C(NC(=O)c1ccc(Cl)cc1)=C(C)C. The van der Waals surface area contributed by atoms with E-state index < -0.39 is 5.97 Å². The van der Waals surface area contributed by atoms with Gasteiger partial charge in [-0.05, 0) is 50.6 Å². The van der Waals surface area contributed by atoms with Gasteiger partial charge in [0.2, 0.25) is 0 Å². The fourth-order valence-corrected chi connectivity index (χ4v) is 1.50. The first kappa shape index (κ1) is 15.2. The Bertz CT molecular complexity index is 502. The highest BCUT2D eigenvalue weighted by atomic mass is 35.5. The van der Waals surface area contributed by atoms with Gasteiger partial charge < -0.3 is 10.1 Å². The van der Waals surface area contributed by atoms with Crippen LogP contribution in [-0.4, -0.2) is 18.5 Å². The van der Waals surface area contributed by atoms with Gasteiger partial charge in [0.05, 0.1) is 6.61 Å². The molecule has 1 N–H and O–H groups in total. The van der Waals surface area contributed by atoms with Crippen LogP contribution in [0, 0.1) is 0 Å². The van der Waals surface area contributed by atoms with Crippen molar-refractivity contribution in [3.8, 4) is 0 Å². The van der Waals surface area contributed by atoms with E-state index in [0.29, 0.717) is 16.2 Å². The van der Waals surface area contributed by atoms with Crippen molar-refractivity contribution in [2.45, 2.75) is 20.8 Å². The predicted molar refractivity (Wildman–Crippen MR) is 73.9 cm³/mol. The molecule has 1 aromatic rings. The number of halogens is 1. The molecule has 0 aliphatic heterocycles. The van der Waals surface area contributed by atoms with E-state index in [4.69, 9.17) is 16.3 Å². The Hall–Kier alpha value is -1.81. The molecular formula is C14H16ClNO3. The van der Waals surface area contributed by atoms with Crippen molar-refractivity contribution in [3.05, 3.63) is 46.1 Å². The van der Waals surface area contributed by atoms with Crippen molar-refractivity contribution in [2.24, 2.45) is 0 Å². The molecule has 19 heavy (non-hydrogen) atoms. The number of carbonyl (C=O) groups excluding carboxylic acids is 2. The van der Waals surface area contributed by atoms with Crippen molar-refractivity contribution in [3.63, 3.8) is 0 Å². The van der Waals surface area contributed by atoms with Gasteiger partial charge in [-0.25, -0.2) is 4.79 Å². The van der Waals surface area contributed by atoms with Crippen LogP contribution >= 0.6 is 11.6 Å². The van der Waals surface area contributed by atoms with Crippen LogP contribution in [0.25, 0.3) is 0 Å². The summed E-state index contributed by atoms with van der Waals surface area (Å²) in [6, 6.07) is 6.41. The molecule has 0 aliphatic carbocycles. The summed E-state index contributed by atoms with van der Waals surface area (Å²) in [6.45, 7) is 5.43. The first-order chi connectivity index (χ1) is 8.95. The van der Waals surface area contributed by atoms with E-state index in [1.54, 1.807) is 45.0 Å². The lowest BCUT2D eigenvalue weighted by Crippen LogP contribution is -2.29. The van der Waals surface area contributed by atoms with Crippen LogP contribution in [0.15, 0.2) is 35.5 Å². The highest BCUT2D eigenvalue weighted by Crippen LogP contribution is 2.11. The van der Waals surface area contributed by atoms with Crippen molar-refractivity contribution >= 4 is 23.5 Å². The van der Waals surface area contributed by atoms with Gasteiger partial charge in [0.25, 0.3) is 5.91 Å². The standard InChI is InChI=1S/C14H16ClNO3/c1-4-19-14(18)12(9(2)3)16-13(17)10-5-7-11(15)8-6-10/h5-8H,4H2,1-3H3,(H,16,17). The predicted octanol–water partition coefficient (Wildman–Crippen LogP) is 2.93. The average molecular weight is 282 g/mol. The third-order valence-corrected chi connectivity index (χ3v) is 2.58. The first-order valence-corrected chi connectivity index (χ1v) is 6.25. The topological polar surface area (TPSA) is 55.4 Å². The molecule has 0 heterocycles. The third kappa shape index (κ3) is 4.41. The Morgan fingerprint density at radius 1 is 1.21 bits per heavy atom. The van der Waals surface area contributed by atoms with Crippen LogP contribution in [0.1, 0.15) is 31.1 Å². The smallest absolute Gasteiger partial charge is 0.354 e. The van der Waals surface area contributed by atoms with Crippen LogP contribution in [0.4, 0.5) is 0 Å². The Morgan fingerprint density at radius 3 is 2.26 bits per heavy atom. The summed E-state index contributed by atoms with van der Waals surface area (Å²) in [7, 11) is 0. The molecular weight excluding hydrogens is 266 g/mol. The summed E-state index contributed by atoms with van der Waals surface area (Å²) < 4.78 is 4.89. The zero-order chi connectivity index (χ0) is 14.4. The molecule has 102 valence electrons. The Balaban J connectivity index is 2.87. The van der Waals surface area contributed by atoms with Gasteiger partial charge in [0, 0.05) is 10.6 Å². The lowest BCUT2D eigenvalue weighted by atomic mass is 10.2. The van der Waals surface area contributed by atoms with Crippen LogP contribution in [0.5, 0.6) is 0 Å². The quantitative estimate of drug-likeness (QED) is 0.682. The first-order valence-electron chi connectivity index (χ1n) is 5.87. The Kier molecular flexibility index (Phi) is 5.57. The van der Waals surface area contributed by atoms with E-state index in [1.165, 1.54) is 0 Å². The molecule has 0 bridgehead atoms. The minimum Gasteiger partial charge on any atom is -0.461 e. The molecule has 0 aliphatic rings. The summed E-state index contributed by atoms with van der Waals surface area (Å²) >= 11 is 5.75. The maximum Gasteiger partial charge on any atom is 0.354 e. The molecule has 1 aromatic carbocycles. The van der Waals surface area contributed by atoms with Gasteiger partial charge in [-0.2, -0.15) is 0 Å². The number of hydrogen-bond acceptors (Lipinski definition) is 3. The Morgan fingerprint density at radius 2 is 1.79 bits per heavy atom. The van der Waals surface area contributed by atoms with Gasteiger partial charge >= 0.3 is 5.97 Å². The van der Waals surface area contributed by atoms with Crippen molar-refractivity contribution < 1.29 is 14.3 Å². The number of amides is 1. The molecule has 0 saturated heterocycles. The molecule has 0 radical (unpaired) electrons. The maximum atomic E-state index is 12.0. The van der Waals surface area contributed by atoms with Crippen LogP contribution in [0.2, 0.25) is 5.02 Å². The van der Waals surface area contributed by atoms with Crippen LogP contribution < -0.4 is 5.32 Å². The largest absolute Gasteiger partial charge is 0.461 e. The fraction of sp³-hybridized carbons (Fsp3) is 0.286. The van der Waals surface area contributed by atoms with Crippen LogP contribution in [-0.2, 0) is 9.53 Å². The highest BCUT2D eigenvalue weighted by molar-refractivity contribution is 6.30. The molecule has 0 unspecified atom stereocenters. The second-order valence-corrected chi connectivity index (χ2v) is 4.49. The third-order valence-electron chi connectivity index (χ3n) is 2.32. The van der Waals surface area contributed by atoms with E-state index in [9.17, 15) is 9.59 Å². The number of ether oxygens (including phenoxy) is 1. The van der Waals surface area contributed by atoms with Gasteiger partial charge in [0.1, 0.15) is 5.70 Å². The average Bonchev–Trinajstić information content (AvgIpc) is 2.36. The molecule has 0 saturated carbocycles. The minimum absolute atomic E-state index is 0.168. The van der Waals surface area contributed by atoms with Gasteiger partial charge in [-0.3, -0.25) is 4.79 Å². The second-order valence-electron chi connectivity index (χ2n) is 4.06. The normalized spacial score (nSPS) is 9.68. The summed E-state index contributed by atoms with van der Waals surface area (Å²) in [5, 5.41) is 3.11. The highest BCUT2D eigenvalue weighted by Gasteiger charge is 2.16. The number of rotatable bonds is 4. The van der Waals surface area contributed by atoms with Gasteiger partial charge in [-0.15, -0.1) is 0 Å². The van der Waals surface area contributed by atoms with E-state index in [1.807, 2.05) is 0 Å². The van der Waals surface area contributed by atoms with Crippen LogP contribution in [0.3, 0.4) is 0 Å². The minimum atomic E-state index is -0.537. The number of carbonyl (C=O) groups is 2. The zero-order valence-electron chi connectivity index (χ0n) is 11.1. The van der Waals surface area contributed by atoms with E-state index in [0.717, 1.165) is 0 Å². The summed E-state index contributed by atoms with van der Waals surface area (Å²) in [6.07, 6.45) is 0. The van der Waals surface area contributed by atoms with E-state index >= 15 is 0 Å². The molecule has 1 amide bonds. The van der Waals surface area contributed by atoms with Crippen molar-refractivity contribution in [2.75, 3.05) is 6.61 Å². The molecule has 0 aromatic heterocycles. The van der Waals surface area contributed by atoms with E-state index in [-0.39, 0.29) is 18.2 Å². The molecule has 5 heteroatoms. The number of hydrogen-bond donors (Lipinski definition) is 1. The molecule has 0 fully saturated rings. The maximum absolute atomic E-state index is 12.0. The van der Waals surface area contributed by atoms with Crippen molar-refractivity contribution in [1.29, 1.82) is 0 Å². The second kappa shape index (κ2) is 6.95. The lowest BCUT2D eigenvalue weighted by molar-refractivity contribution is -0.138. The number of benzene rings is 1. The summed E-state index contributed by atoms with van der Waals surface area (Å²) in [4.78, 5) is 23.7. The fourth-order valence-electron chi connectivity index (χ4n) is 1.37. The number of allylic oxidation sites excluding steroid dienone is 1. The molecule has 4 nitrogen and oxygen atoms in total.